The summed E-state index contributed by atoms with van der Waals surface area (Å²) in [6.45, 7) is 5.17. The molecule has 21 heavy (non-hydrogen) atoms. The monoisotopic (exact) mass is 305 g/mol. The van der Waals surface area contributed by atoms with Gasteiger partial charge in [0.25, 0.3) is 0 Å². The van der Waals surface area contributed by atoms with E-state index in [4.69, 9.17) is 0 Å². The minimum absolute atomic E-state index is 0.0372. The fourth-order valence-electron chi connectivity index (χ4n) is 1.78. The van der Waals surface area contributed by atoms with E-state index in [1.807, 2.05) is 26.0 Å². The zero-order valence-corrected chi connectivity index (χ0v) is 13.0. The van der Waals surface area contributed by atoms with Crippen LogP contribution in [0.2, 0.25) is 0 Å². The van der Waals surface area contributed by atoms with E-state index in [2.05, 4.69) is 20.0 Å². The molecule has 0 saturated carbocycles. The van der Waals surface area contributed by atoms with Crippen molar-refractivity contribution in [3.8, 4) is 0 Å². The number of ketones is 1. The predicted octanol–water partition coefficient (Wildman–Crippen LogP) is 2.89. The van der Waals surface area contributed by atoms with Crippen LogP contribution in [-0.4, -0.2) is 28.8 Å². The number of aryl methyl sites for hydroxylation is 2. The molecule has 0 fully saturated rings. The average molecular weight is 305 g/mol. The van der Waals surface area contributed by atoms with Gasteiger partial charge in [0, 0.05) is 12.6 Å². The number of rotatable bonds is 4. The van der Waals surface area contributed by atoms with E-state index in [0.717, 1.165) is 28.4 Å². The molecule has 0 unspecified atom stereocenters. The molecule has 6 nitrogen and oxygen atoms in total. The zero-order valence-electron chi connectivity index (χ0n) is 12.2. The van der Waals surface area contributed by atoms with Gasteiger partial charge in [0.2, 0.25) is 0 Å². The molecule has 2 heterocycles. The number of anilines is 2. The van der Waals surface area contributed by atoms with E-state index in [9.17, 15) is 9.59 Å². The first-order chi connectivity index (χ1) is 9.92. The fourth-order valence-corrected chi connectivity index (χ4v) is 2.64. The molecule has 0 aliphatic carbocycles. The number of methoxy groups -OCH3 is 1. The number of nitrogens with zero attached hydrogens (tertiary/aromatic N) is 2. The van der Waals surface area contributed by atoms with Crippen molar-refractivity contribution in [1.82, 2.24) is 9.97 Å². The minimum atomic E-state index is -0.622. The lowest BCUT2D eigenvalue weighted by atomic mass is 10.3. The largest absolute Gasteiger partial charge is 0.464 e. The lowest BCUT2D eigenvalue weighted by Crippen LogP contribution is -2.07. The Kier molecular flexibility index (Phi) is 4.32. The second kappa shape index (κ2) is 6.01. The summed E-state index contributed by atoms with van der Waals surface area (Å²) < 4.78 is 4.64. The molecule has 7 heteroatoms. The van der Waals surface area contributed by atoms with Gasteiger partial charge in [0.05, 0.1) is 18.5 Å². The summed E-state index contributed by atoms with van der Waals surface area (Å²) in [4.78, 5) is 32.0. The summed E-state index contributed by atoms with van der Waals surface area (Å²) in [5.41, 5.74) is 2.54. The quantitative estimate of drug-likeness (QED) is 0.691. The Bertz CT molecular complexity index is 709. The molecule has 110 valence electrons. The highest BCUT2D eigenvalue weighted by molar-refractivity contribution is 7.17. The Morgan fingerprint density at radius 3 is 2.52 bits per heavy atom. The number of hydrogen-bond donors (Lipinski definition) is 1. The number of carbonyl (C=O) groups is 2. The molecular formula is C14H15N3O3S. The highest BCUT2D eigenvalue weighted by Gasteiger charge is 2.22. The maximum Gasteiger partial charge on any atom is 0.358 e. The van der Waals surface area contributed by atoms with E-state index in [1.165, 1.54) is 14.0 Å². The summed E-state index contributed by atoms with van der Waals surface area (Å²) >= 11 is 1.12. The van der Waals surface area contributed by atoms with E-state index in [0.29, 0.717) is 5.13 Å². The van der Waals surface area contributed by atoms with Gasteiger partial charge in [-0.05, 0) is 26.0 Å². The summed E-state index contributed by atoms with van der Waals surface area (Å²) in [5, 5.41) is 3.53. The molecule has 0 saturated heterocycles. The molecule has 0 aliphatic heterocycles. The van der Waals surface area contributed by atoms with Crippen LogP contribution >= 0.6 is 11.3 Å². The smallest absolute Gasteiger partial charge is 0.358 e. The highest BCUT2D eigenvalue weighted by Crippen LogP contribution is 2.28. The number of hydrogen-bond acceptors (Lipinski definition) is 7. The standard InChI is InChI=1S/C14H15N3O3S/c1-7-5-6-10(8(2)15-7)16-14-17-11(13(19)20-4)12(21-14)9(3)18/h5-6H,1-4H3,(H,16,17). The third-order valence-corrected chi connectivity index (χ3v) is 3.86. The van der Waals surface area contributed by atoms with Crippen molar-refractivity contribution in [3.05, 3.63) is 34.1 Å². The first kappa shape index (κ1) is 15.1. The van der Waals surface area contributed by atoms with Gasteiger partial charge < -0.3 is 10.1 Å². The summed E-state index contributed by atoms with van der Waals surface area (Å²) in [6, 6.07) is 3.75. The minimum Gasteiger partial charge on any atom is -0.464 e. The van der Waals surface area contributed by atoms with E-state index >= 15 is 0 Å². The van der Waals surface area contributed by atoms with Gasteiger partial charge in [-0.15, -0.1) is 0 Å². The summed E-state index contributed by atoms with van der Waals surface area (Å²) in [6.07, 6.45) is 0. The van der Waals surface area contributed by atoms with Gasteiger partial charge in [-0.25, -0.2) is 9.78 Å². The average Bonchev–Trinajstić information content (AvgIpc) is 2.85. The Labute approximate surface area is 126 Å². The third-order valence-electron chi connectivity index (χ3n) is 2.79. The maximum absolute atomic E-state index is 11.6. The van der Waals surface area contributed by atoms with Crippen molar-refractivity contribution in [3.63, 3.8) is 0 Å². The van der Waals surface area contributed by atoms with Crippen LogP contribution in [0.5, 0.6) is 0 Å². The van der Waals surface area contributed by atoms with Crippen molar-refractivity contribution in [2.24, 2.45) is 0 Å². The van der Waals surface area contributed by atoms with E-state index in [-0.39, 0.29) is 16.4 Å². The molecule has 2 aromatic rings. The molecule has 2 aromatic heterocycles. The van der Waals surface area contributed by atoms with Crippen LogP contribution < -0.4 is 5.32 Å². The van der Waals surface area contributed by atoms with Gasteiger partial charge in [-0.3, -0.25) is 9.78 Å². The number of esters is 1. The fraction of sp³-hybridized carbons (Fsp3) is 0.286. The van der Waals surface area contributed by atoms with Crippen molar-refractivity contribution < 1.29 is 14.3 Å². The number of aromatic nitrogens is 2. The number of thiazole rings is 1. The Morgan fingerprint density at radius 2 is 1.95 bits per heavy atom. The number of carbonyl (C=O) groups excluding carboxylic acids is 2. The SMILES string of the molecule is COC(=O)c1nc(Nc2ccc(C)nc2C)sc1C(C)=O. The van der Waals surface area contributed by atoms with E-state index < -0.39 is 5.97 Å². The molecule has 0 radical (unpaired) electrons. The van der Waals surface area contributed by atoms with Gasteiger partial charge in [0.15, 0.2) is 16.6 Å². The third kappa shape index (κ3) is 3.25. The molecule has 0 atom stereocenters. The van der Waals surface area contributed by atoms with Crippen LogP contribution in [-0.2, 0) is 4.74 Å². The van der Waals surface area contributed by atoms with Crippen LogP contribution in [0.15, 0.2) is 12.1 Å². The Morgan fingerprint density at radius 1 is 1.24 bits per heavy atom. The Hall–Kier alpha value is -2.28. The summed E-state index contributed by atoms with van der Waals surface area (Å²) in [7, 11) is 1.26. The Balaban J connectivity index is 2.37. The van der Waals surface area contributed by atoms with Crippen LogP contribution in [0, 0.1) is 13.8 Å². The van der Waals surface area contributed by atoms with Crippen LogP contribution in [0.25, 0.3) is 0 Å². The number of pyridine rings is 1. The molecule has 0 spiro atoms. The van der Waals surface area contributed by atoms with E-state index in [1.54, 1.807) is 0 Å². The van der Waals surface area contributed by atoms with Gasteiger partial charge in [-0.1, -0.05) is 11.3 Å². The van der Waals surface area contributed by atoms with Crippen LogP contribution in [0.4, 0.5) is 10.8 Å². The van der Waals surface area contributed by atoms with Crippen molar-refractivity contribution in [2.45, 2.75) is 20.8 Å². The van der Waals surface area contributed by atoms with Crippen LogP contribution in [0.3, 0.4) is 0 Å². The zero-order chi connectivity index (χ0) is 15.6. The number of ether oxygens (including phenoxy) is 1. The first-order valence-corrected chi connectivity index (χ1v) is 7.05. The lowest BCUT2D eigenvalue weighted by Gasteiger charge is -2.06. The second-order valence-corrected chi connectivity index (χ2v) is 5.45. The van der Waals surface area contributed by atoms with Crippen molar-refractivity contribution >= 4 is 33.9 Å². The molecule has 1 N–H and O–H groups in total. The molecule has 0 aromatic carbocycles. The van der Waals surface area contributed by atoms with Crippen molar-refractivity contribution in [1.29, 1.82) is 0 Å². The summed E-state index contributed by atoms with van der Waals surface area (Å²) in [5.74, 6) is -0.844. The molecule has 0 amide bonds. The normalized spacial score (nSPS) is 10.3. The predicted molar refractivity (Wildman–Crippen MR) is 80.5 cm³/mol. The molecule has 0 aliphatic rings. The number of nitrogens with one attached hydrogen (secondary N) is 1. The molecule has 0 bridgehead atoms. The van der Waals surface area contributed by atoms with Crippen LogP contribution in [0.1, 0.15) is 38.5 Å². The molecular weight excluding hydrogens is 290 g/mol. The second-order valence-electron chi connectivity index (χ2n) is 4.46. The van der Waals surface area contributed by atoms with Crippen molar-refractivity contribution in [2.75, 3.05) is 12.4 Å². The first-order valence-electron chi connectivity index (χ1n) is 6.23. The van der Waals surface area contributed by atoms with Gasteiger partial charge in [0.1, 0.15) is 4.88 Å². The van der Waals surface area contributed by atoms with Gasteiger partial charge >= 0.3 is 5.97 Å². The lowest BCUT2D eigenvalue weighted by molar-refractivity contribution is 0.0591. The highest BCUT2D eigenvalue weighted by atomic mass is 32.1. The molecule has 2 rings (SSSR count). The number of Topliss-reactive ketones (excluding diaryl/α,β-unsaturated/α-hetero) is 1. The topological polar surface area (TPSA) is 81.2 Å². The maximum atomic E-state index is 11.6. The van der Waals surface area contributed by atoms with Gasteiger partial charge in [-0.2, -0.15) is 0 Å².